The van der Waals surface area contributed by atoms with Crippen LogP contribution in [0.25, 0.3) is 11.0 Å². The molecule has 10 heteroatoms. The minimum Gasteiger partial charge on any atom is -0.489 e. The number of carbonyl (C=O) groups is 2. The van der Waals surface area contributed by atoms with Crippen LogP contribution < -0.4 is 19.7 Å². The number of likely N-dealkylation sites (N-methyl/N-ethyl adjacent to an activating group) is 1. The molecule has 1 aliphatic heterocycles. The van der Waals surface area contributed by atoms with E-state index in [0.717, 1.165) is 0 Å². The summed E-state index contributed by atoms with van der Waals surface area (Å²) >= 11 is 0. The van der Waals surface area contributed by atoms with Crippen LogP contribution in [0.1, 0.15) is 10.5 Å². The van der Waals surface area contributed by atoms with E-state index >= 15 is 0 Å². The summed E-state index contributed by atoms with van der Waals surface area (Å²) in [5, 5.41) is 13.2. The molecule has 0 saturated carbocycles. The number of carbonyl (C=O) groups excluding carboxylic acids is 2. The zero-order chi connectivity index (χ0) is 22.1. The average Bonchev–Trinajstić information content (AvgIpc) is 3.24. The van der Waals surface area contributed by atoms with Crippen LogP contribution >= 0.6 is 0 Å². The lowest BCUT2D eigenvalue weighted by Gasteiger charge is -2.20. The number of fused-ring (bicyclic) bond motifs is 2. The smallest absolute Gasteiger partial charge is 0.270 e. The number of hydrogen-bond donors (Lipinski definition) is 2. The highest BCUT2D eigenvalue weighted by Crippen LogP contribution is 2.33. The molecule has 10 nitrogen and oxygen atoms in total. The first kappa shape index (κ1) is 19.5. The number of pyridine rings is 1. The lowest BCUT2D eigenvalue weighted by atomic mass is 10.2. The van der Waals surface area contributed by atoms with Gasteiger partial charge in [0.05, 0.1) is 11.2 Å². The minimum atomic E-state index is -0.898. The highest BCUT2D eigenvalue weighted by Gasteiger charge is 2.31. The predicted octanol–water partition coefficient (Wildman–Crippen LogP) is 2.30. The second-order valence-electron chi connectivity index (χ2n) is 7.18. The molecule has 0 spiro atoms. The zero-order valence-electron chi connectivity index (χ0n) is 17.0. The Morgan fingerprint density at radius 3 is 2.88 bits per heavy atom. The summed E-state index contributed by atoms with van der Waals surface area (Å²) in [7, 11) is 1.62. The summed E-state index contributed by atoms with van der Waals surface area (Å²) in [6.45, 7) is -0.0325. The molecule has 2 amide bonds. The van der Waals surface area contributed by atoms with Crippen molar-refractivity contribution in [2.24, 2.45) is 0 Å². The van der Waals surface area contributed by atoms with E-state index in [9.17, 15) is 9.59 Å². The van der Waals surface area contributed by atoms with Gasteiger partial charge in [0.2, 0.25) is 0 Å². The molecule has 4 aromatic rings. The van der Waals surface area contributed by atoms with E-state index in [1.54, 1.807) is 25.2 Å². The Kier molecular flexibility index (Phi) is 4.86. The van der Waals surface area contributed by atoms with Gasteiger partial charge in [-0.15, -0.1) is 5.10 Å². The second-order valence-corrected chi connectivity index (χ2v) is 7.18. The van der Waals surface area contributed by atoms with E-state index in [1.165, 1.54) is 17.2 Å². The van der Waals surface area contributed by atoms with Gasteiger partial charge in [-0.1, -0.05) is 23.4 Å². The standard InChI is InChI=1S/C22H18N6O4/c1-28-19-10-15-16(26-27-25-15)11-20(19)31-12-18(22(28)30)24-21(29)17-9-14(7-8-23-17)32-13-5-3-2-4-6-13/h2-11,18H,12H2,1H3,(H,24,29)(H,25,26,27)/t18-/m0/s1. The third-order valence-corrected chi connectivity index (χ3v) is 5.05. The fraction of sp³-hybridized carbons (Fsp3) is 0.136. The highest BCUT2D eigenvalue weighted by molar-refractivity contribution is 6.04. The van der Waals surface area contributed by atoms with E-state index in [2.05, 4.69) is 25.7 Å². The Morgan fingerprint density at radius 2 is 2.03 bits per heavy atom. The molecule has 0 saturated heterocycles. The van der Waals surface area contributed by atoms with Gasteiger partial charge in [0.15, 0.2) is 0 Å². The first-order valence-corrected chi connectivity index (χ1v) is 9.83. The number of para-hydroxylation sites is 1. The largest absolute Gasteiger partial charge is 0.489 e. The van der Waals surface area contributed by atoms with E-state index < -0.39 is 11.9 Å². The molecule has 1 atom stereocenters. The van der Waals surface area contributed by atoms with Crippen LogP contribution in [0.3, 0.4) is 0 Å². The SMILES string of the molecule is CN1C(=O)[C@@H](NC(=O)c2cc(Oc3ccccc3)ccn2)COc2cc3[nH]nnc3cc21. The third-order valence-electron chi connectivity index (χ3n) is 5.05. The number of nitrogens with zero attached hydrogens (tertiary/aromatic N) is 4. The molecule has 160 valence electrons. The van der Waals surface area contributed by atoms with Crippen molar-refractivity contribution in [3.8, 4) is 17.2 Å². The van der Waals surface area contributed by atoms with Gasteiger partial charge in [-0.3, -0.25) is 19.7 Å². The predicted molar refractivity (Wildman–Crippen MR) is 115 cm³/mol. The number of amides is 2. The van der Waals surface area contributed by atoms with Crippen LogP contribution in [0.4, 0.5) is 5.69 Å². The van der Waals surface area contributed by atoms with E-state index in [-0.39, 0.29) is 18.2 Å². The lowest BCUT2D eigenvalue weighted by molar-refractivity contribution is -0.120. The Bertz CT molecular complexity index is 1310. The zero-order valence-corrected chi connectivity index (χ0v) is 17.0. The summed E-state index contributed by atoms with van der Waals surface area (Å²) in [4.78, 5) is 31.4. The molecule has 0 bridgehead atoms. The Hall–Kier alpha value is -4.47. The van der Waals surface area contributed by atoms with E-state index in [4.69, 9.17) is 9.47 Å². The Labute approximate surface area is 182 Å². The van der Waals surface area contributed by atoms with Crippen LogP contribution in [-0.4, -0.2) is 51.9 Å². The molecule has 0 fully saturated rings. The monoisotopic (exact) mass is 430 g/mol. The van der Waals surface area contributed by atoms with Gasteiger partial charge in [0.25, 0.3) is 11.8 Å². The maximum Gasteiger partial charge on any atom is 0.270 e. The normalized spacial score (nSPS) is 15.6. The first-order chi connectivity index (χ1) is 15.6. The maximum atomic E-state index is 13.0. The van der Waals surface area contributed by atoms with Crippen LogP contribution in [0.2, 0.25) is 0 Å². The summed E-state index contributed by atoms with van der Waals surface area (Å²) in [5.74, 6) is 0.755. The van der Waals surface area contributed by atoms with Gasteiger partial charge >= 0.3 is 0 Å². The second kappa shape index (κ2) is 7.99. The van der Waals surface area contributed by atoms with Gasteiger partial charge in [-0.2, -0.15) is 0 Å². The van der Waals surface area contributed by atoms with Crippen molar-refractivity contribution < 1.29 is 19.1 Å². The molecule has 0 aliphatic carbocycles. The van der Waals surface area contributed by atoms with Gasteiger partial charge in [0, 0.05) is 25.4 Å². The lowest BCUT2D eigenvalue weighted by Crippen LogP contribution is -2.49. The number of hydrogen-bond acceptors (Lipinski definition) is 7. The van der Waals surface area contributed by atoms with Gasteiger partial charge < -0.3 is 19.7 Å². The van der Waals surface area contributed by atoms with Gasteiger partial charge in [-0.25, -0.2) is 0 Å². The van der Waals surface area contributed by atoms with Crippen molar-refractivity contribution in [2.45, 2.75) is 6.04 Å². The molecule has 0 radical (unpaired) electrons. The number of ether oxygens (including phenoxy) is 2. The highest BCUT2D eigenvalue weighted by atomic mass is 16.5. The minimum absolute atomic E-state index is 0.0325. The third kappa shape index (κ3) is 3.69. The van der Waals surface area contributed by atoms with Crippen LogP contribution in [0.15, 0.2) is 60.8 Å². The molecule has 1 aliphatic rings. The van der Waals surface area contributed by atoms with Crippen molar-refractivity contribution in [1.29, 1.82) is 0 Å². The average molecular weight is 430 g/mol. The number of aromatic amines is 1. The maximum absolute atomic E-state index is 13.0. The molecule has 2 N–H and O–H groups in total. The molecular weight excluding hydrogens is 412 g/mol. The summed E-state index contributed by atoms with van der Waals surface area (Å²) in [5.41, 5.74) is 1.96. The van der Waals surface area contributed by atoms with E-state index in [1.807, 2.05) is 30.3 Å². The summed E-state index contributed by atoms with van der Waals surface area (Å²) in [6, 6.07) is 14.9. The fourth-order valence-electron chi connectivity index (χ4n) is 3.40. The van der Waals surface area contributed by atoms with Crippen LogP contribution in [0.5, 0.6) is 17.2 Å². The molecule has 2 aromatic heterocycles. The van der Waals surface area contributed by atoms with Crippen molar-refractivity contribution >= 4 is 28.5 Å². The Morgan fingerprint density at radius 1 is 1.19 bits per heavy atom. The number of anilines is 1. The van der Waals surface area contributed by atoms with Gasteiger partial charge in [0.1, 0.15) is 41.1 Å². The molecule has 3 heterocycles. The van der Waals surface area contributed by atoms with Gasteiger partial charge in [-0.05, 0) is 24.3 Å². The van der Waals surface area contributed by atoms with Crippen LogP contribution in [0, 0.1) is 0 Å². The molecule has 32 heavy (non-hydrogen) atoms. The first-order valence-electron chi connectivity index (χ1n) is 9.83. The van der Waals surface area contributed by atoms with Crippen molar-refractivity contribution in [3.05, 3.63) is 66.5 Å². The number of nitrogens with one attached hydrogen (secondary N) is 2. The fourth-order valence-corrected chi connectivity index (χ4v) is 3.40. The molecule has 0 unspecified atom stereocenters. The quantitative estimate of drug-likeness (QED) is 0.509. The molecular formula is C22H18N6O4. The molecule has 2 aromatic carbocycles. The summed E-state index contributed by atoms with van der Waals surface area (Å²) in [6.07, 6.45) is 1.48. The number of rotatable bonds is 4. The van der Waals surface area contributed by atoms with E-state index in [0.29, 0.717) is 34.0 Å². The molecule has 5 rings (SSSR count). The number of H-pyrrole nitrogens is 1. The Balaban J connectivity index is 1.33. The number of benzene rings is 2. The summed E-state index contributed by atoms with van der Waals surface area (Å²) < 4.78 is 11.6. The topological polar surface area (TPSA) is 122 Å². The van der Waals surface area contributed by atoms with Crippen LogP contribution in [-0.2, 0) is 4.79 Å². The van der Waals surface area contributed by atoms with Crippen molar-refractivity contribution in [1.82, 2.24) is 25.7 Å². The number of aromatic nitrogens is 4. The van der Waals surface area contributed by atoms with Crippen molar-refractivity contribution in [2.75, 3.05) is 18.6 Å². The van der Waals surface area contributed by atoms with Crippen molar-refractivity contribution in [3.63, 3.8) is 0 Å².